The first kappa shape index (κ1) is 16.9. The summed E-state index contributed by atoms with van der Waals surface area (Å²) in [6.45, 7) is 4.58. The molecule has 0 aromatic heterocycles. The average Bonchev–Trinajstić information content (AvgIpc) is 2.60. The van der Waals surface area contributed by atoms with E-state index in [0.717, 1.165) is 6.42 Å². The van der Waals surface area contributed by atoms with E-state index in [9.17, 15) is 9.59 Å². The van der Waals surface area contributed by atoms with Crippen LogP contribution in [0.5, 0.6) is 0 Å². The Labute approximate surface area is 135 Å². The highest BCUT2D eigenvalue weighted by molar-refractivity contribution is 5.94. The van der Waals surface area contributed by atoms with Crippen LogP contribution in [-0.2, 0) is 23.8 Å². The van der Waals surface area contributed by atoms with Crippen molar-refractivity contribution in [2.45, 2.75) is 26.2 Å². The topological polar surface area (TPSA) is 73.9 Å². The molecule has 1 N–H and O–H groups in total. The lowest BCUT2D eigenvalue weighted by atomic mass is 9.99. The van der Waals surface area contributed by atoms with E-state index in [-0.39, 0.29) is 19.0 Å². The fourth-order valence-electron chi connectivity index (χ4n) is 2.01. The summed E-state index contributed by atoms with van der Waals surface area (Å²) in [5.74, 6) is -0.674. The third-order valence-corrected chi connectivity index (χ3v) is 3.56. The van der Waals surface area contributed by atoms with Gasteiger partial charge in [-0.3, -0.25) is 4.79 Å². The Morgan fingerprint density at radius 3 is 2.61 bits per heavy atom. The molecular weight excluding hydrogens is 298 g/mol. The molecule has 23 heavy (non-hydrogen) atoms. The lowest BCUT2D eigenvalue weighted by molar-refractivity contribution is -0.148. The summed E-state index contributed by atoms with van der Waals surface area (Å²) in [6, 6.07) is 7.63. The predicted octanol–water partition coefficient (Wildman–Crippen LogP) is 2.57. The Morgan fingerprint density at radius 1 is 1.26 bits per heavy atom. The van der Waals surface area contributed by atoms with Gasteiger partial charge in [0.15, 0.2) is 6.61 Å². The van der Waals surface area contributed by atoms with Crippen LogP contribution in [0.25, 0.3) is 0 Å². The number of anilines is 1. The summed E-state index contributed by atoms with van der Waals surface area (Å²) < 4.78 is 14.9. The number of rotatable bonds is 6. The van der Waals surface area contributed by atoms with Crippen molar-refractivity contribution >= 4 is 17.6 Å². The summed E-state index contributed by atoms with van der Waals surface area (Å²) in [6.07, 6.45) is 2.25. The molecule has 0 spiro atoms. The van der Waals surface area contributed by atoms with Crippen molar-refractivity contribution in [3.05, 3.63) is 41.9 Å². The second-order valence-electron chi connectivity index (χ2n) is 5.26. The first-order valence-electron chi connectivity index (χ1n) is 7.61. The Bertz CT molecular complexity index is 579. The number of nitrogens with one attached hydrogen (secondary N) is 1. The summed E-state index contributed by atoms with van der Waals surface area (Å²) in [7, 11) is 0. The molecule has 0 aliphatic carbocycles. The highest BCUT2D eigenvalue weighted by Gasteiger charge is 2.18. The maximum absolute atomic E-state index is 11.8. The van der Waals surface area contributed by atoms with Gasteiger partial charge in [0.25, 0.3) is 5.91 Å². The normalized spacial score (nSPS) is 14.8. The largest absolute Gasteiger partial charge is 0.493 e. The van der Waals surface area contributed by atoms with Crippen molar-refractivity contribution in [1.29, 1.82) is 0 Å². The minimum Gasteiger partial charge on any atom is -0.493 e. The quantitative estimate of drug-likeness (QED) is 0.816. The van der Waals surface area contributed by atoms with Crippen LogP contribution in [0, 0.1) is 0 Å². The summed E-state index contributed by atoms with van der Waals surface area (Å²) in [4.78, 5) is 23.4. The van der Waals surface area contributed by atoms with E-state index in [2.05, 4.69) is 19.2 Å². The Balaban J connectivity index is 1.80. The van der Waals surface area contributed by atoms with E-state index in [1.54, 1.807) is 0 Å². The number of hydrogen-bond donors (Lipinski definition) is 1. The zero-order chi connectivity index (χ0) is 16.7. The predicted molar refractivity (Wildman–Crippen MR) is 84.7 cm³/mol. The van der Waals surface area contributed by atoms with Crippen LogP contribution in [0.3, 0.4) is 0 Å². The smallest absolute Gasteiger partial charge is 0.377 e. The number of hydrogen-bond acceptors (Lipinski definition) is 5. The van der Waals surface area contributed by atoms with Crippen LogP contribution in [0.2, 0.25) is 0 Å². The average molecular weight is 319 g/mol. The first-order valence-corrected chi connectivity index (χ1v) is 7.61. The molecule has 6 heteroatoms. The third-order valence-electron chi connectivity index (χ3n) is 3.56. The second kappa shape index (κ2) is 8.22. The van der Waals surface area contributed by atoms with Crippen molar-refractivity contribution in [3.8, 4) is 0 Å². The molecule has 0 fully saturated rings. The van der Waals surface area contributed by atoms with Gasteiger partial charge in [-0.15, -0.1) is 0 Å². The summed E-state index contributed by atoms with van der Waals surface area (Å²) in [5.41, 5.74) is 1.88. The van der Waals surface area contributed by atoms with E-state index in [1.807, 2.05) is 24.3 Å². The highest BCUT2D eigenvalue weighted by atomic mass is 16.6. The van der Waals surface area contributed by atoms with Gasteiger partial charge in [-0.05, 0) is 30.0 Å². The van der Waals surface area contributed by atoms with Gasteiger partial charge in [0.05, 0.1) is 0 Å². The van der Waals surface area contributed by atoms with E-state index >= 15 is 0 Å². The van der Waals surface area contributed by atoms with Gasteiger partial charge in [0.2, 0.25) is 5.76 Å². The standard InChI is InChI=1S/C17H21NO5/c1-3-12(2)13-4-6-14(7-5-13)18-16(19)11-23-17(20)15-10-21-8-9-22-15/h4-7,10,12H,3,8-9,11H2,1-2H3,(H,18,19)/t12-/m1/s1. The fourth-order valence-corrected chi connectivity index (χ4v) is 2.01. The van der Waals surface area contributed by atoms with E-state index in [1.165, 1.54) is 11.8 Å². The molecule has 1 aliphatic rings. The molecule has 1 aromatic rings. The molecule has 0 saturated heterocycles. The van der Waals surface area contributed by atoms with Gasteiger partial charge < -0.3 is 19.5 Å². The van der Waals surface area contributed by atoms with Crippen molar-refractivity contribution in [2.75, 3.05) is 25.1 Å². The lowest BCUT2D eigenvalue weighted by Gasteiger charge is -2.14. The lowest BCUT2D eigenvalue weighted by Crippen LogP contribution is -2.23. The highest BCUT2D eigenvalue weighted by Crippen LogP contribution is 2.20. The van der Waals surface area contributed by atoms with Crippen LogP contribution >= 0.6 is 0 Å². The van der Waals surface area contributed by atoms with Crippen LogP contribution in [-0.4, -0.2) is 31.7 Å². The fraction of sp³-hybridized carbons (Fsp3) is 0.412. The van der Waals surface area contributed by atoms with Gasteiger partial charge in [-0.2, -0.15) is 0 Å². The van der Waals surface area contributed by atoms with Gasteiger partial charge in [-0.25, -0.2) is 4.79 Å². The number of carbonyl (C=O) groups is 2. The molecular formula is C17H21NO5. The molecule has 1 aliphatic heterocycles. The molecule has 6 nitrogen and oxygen atoms in total. The Hall–Kier alpha value is -2.50. The van der Waals surface area contributed by atoms with Gasteiger partial charge in [-0.1, -0.05) is 26.0 Å². The van der Waals surface area contributed by atoms with Crippen LogP contribution in [0.4, 0.5) is 5.69 Å². The van der Waals surface area contributed by atoms with E-state index in [4.69, 9.17) is 14.2 Å². The molecule has 2 rings (SSSR count). The Morgan fingerprint density at radius 2 is 2.00 bits per heavy atom. The van der Waals surface area contributed by atoms with Crippen LogP contribution in [0.1, 0.15) is 31.7 Å². The van der Waals surface area contributed by atoms with Crippen LogP contribution in [0.15, 0.2) is 36.3 Å². The molecule has 124 valence electrons. The number of carbonyl (C=O) groups excluding carboxylic acids is 2. The van der Waals surface area contributed by atoms with Crippen LogP contribution < -0.4 is 5.32 Å². The molecule has 1 amide bonds. The van der Waals surface area contributed by atoms with Crippen molar-refractivity contribution in [2.24, 2.45) is 0 Å². The van der Waals surface area contributed by atoms with E-state index < -0.39 is 11.9 Å². The van der Waals surface area contributed by atoms with Gasteiger partial charge in [0, 0.05) is 5.69 Å². The molecule has 0 unspecified atom stereocenters. The second-order valence-corrected chi connectivity index (χ2v) is 5.26. The van der Waals surface area contributed by atoms with Gasteiger partial charge in [0.1, 0.15) is 19.5 Å². The van der Waals surface area contributed by atoms with Gasteiger partial charge >= 0.3 is 5.97 Å². The molecule has 1 aromatic carbocycles. The first-order chi connectivity index (χ1) is 11.1. The molecule has 0 radical (unpaired) electrons. The maximum atomic E-state index is 11.8. The minimum atomic E-state index is -0.716. The maximum Gasteiger partial charge on any atom is 0.377 e. The monoisotopic (exact) mass is 319 g/mol. The molecule has 0 saturated carbocycles. The third kappa shape index (κ3) is 5.02. The number of amides is 1. The molecule has 0 bridgehead atoms. The number of ether oxygens (including phenoxy) is 3. The summed E-state index contributed by atoms with van der Waals surface area (Å²) in [5, 5.41) is 2.68. The Kier molecular flexibility index (Phi) is 6.02. The zero-order valence-electron chi connectivity index (χ0n) is 13.3. The SMILES string of the molecule is CC[C@@H](C)c1ccc(NC(=O)COC(=O)C2=COCCO2)cc1. The van der Waals surface area contributed by atoms with E-state index in [0.29, 0.717) is 18.2 Å². The van der Waals surface area contributed by atoms with Crippen molar-refractivity contribution in [3.63, 3.8) is 0 Å². The van der Waals surface area contributed by atoms with Crippen molar-refractivity contribution < 1.29 is 23.8 Å². The number of benzene rings is 1. The van der Waals surface area contributed by atoms with Crippen molar-refractivity contribution in [1.82, 2.24) is 0 Å². The summed E-state index contributed by atoms with van der Waals surface area (Å²) >= 11 is 0. The number of esters is 1. The molecule has 1 atom stereocenters. The minimum absolute atomic E-state index is 0.0260. The molecule has 1 heterocycles. The zero-order valence-corrected chi connectivity index (χ0v) is 13.3.